The van der Waals surface area contributed by atoms with E-state index in [1.54, 1.807) is 12.1 Å². The fourth-order valence-electron chi connectivity index (χ4n) is 2.08. The Hall–Kier alpha value is -2.89. The summed E-state index contributed by atoms with van der Waals surface area (Å²) >= 11 is 0. The summed E-state index contributed by atoms with van der Waals surface area (Å²) in [6.07, 6.45) is 0. The van der Waals surface area contributed by atoms with Gasteiger partial charge in [0.25, 0.3) is 0 Å². The van der Waals surface area contributed by atoms with Gasteiger partial charge in [0.2, 0.25) is 0 Å². The van der Waals surface area contributed by atoms with Crippen LogP contribution >= 0.6 is 0 Å². The summed E-state index contributed by atoms with van der Waals surface area (Å²) in [5, 5.41) is 10.2. The molecule has 1 aromatic heterocycles. The number of nitrogens with zero attached hydrogens (tertiary/aromatic N) is 1. The van der Waals surface area contributed by atoms with E-state index in [-0.39, 0.29) is 18.4 Å². The molecule has 5 nitrogen and oxygen atoms in total. The van der Waals surface area contributed by atoms with Crippen molar-refractivity contribution in [3.05, 3.63) is 65.6 Å². The second-order valence-corrected chi connectivity index (χ2v) is 4.79. The van der Waals surface area contributed by atoms with Crippen LogP contribution in [0.4, 0.5) is 9.18 Å². The van der Waals surface area contributed by atoms with Crippen molar-refractivity contribution >= 4 is 17.0 Å². The van der Waals surface area contributed by atoms with Crippen LogP contribution in [0.15, 0.2) is 53.1 Å². The molecule has 0 aliphatic rings. The zero-order chi connectivity index (χ0) is 15.4. The van der Waals surface area contributed by atoms with Crippen LogP contribution in [0.3, 0.4) is 0 Å². The maximum absolute atomic E-state index is 12.8. The van der Waals surface area contributed by atoms with E-state index in [1.807, 2.05) is 24.3 Å². The number of carbonyl (C=O) groups is 1. The molecular weight excluding hydrogens is 285 g/mol. The van der Waals surface area contributed by atoms with E-state index in [0.29, 0.717) is 17.8 Å². The molecule has 0 aliphatic carbocycles. The summed E-state index contributed by atoms with van der Waals surface area (Å²) in [7, 11) is 0. The SMILES string of the molecule is O=C(NCc1ccc(F)cc1)NCc1noc2ccccc12. The van der Waals surface area contributed by atoms with Crippen LogP contribution in [-0.2, 0) is 13.1 Å². The van der Waals surface area contributed by atoms with Crippen LogP contribution in [0.1, 0.15) is 11.3 Å². The van der Waals surface area contributed by atoms with Gasteiger partial charge in [-0.15, -0.1) is 0 Å². The average Bonchev–Trinajstić information content (AvgIpc) is 2.96. The van der Waals surface area contributed by atoms with Crippen molar-refractivity contribution in [1.29, 1.82) is 0 Å². The number of aromatic nitrogens is 1. The van der Waals surface area contributed by atoms with Gasteiger partial charge in [-0.3, -0.25) is 0 Å². The third-order valence-corrected chi connectivity index (χ3v) is 3.23. The highest BCUT2D eigenvalue weighted by atomic mass is 19.1. The lowest BCUT2D eigenvalue weighted by Gasteiger charge is -2.06. The molecule has 2 aromatic carbocycles. The lowest BCUT2D eigenvalue weighted by molar-refractivity contribution is 0.240. The smallest absolute Gasteiger partial charge is 0.315 e. The molecule has 3 rings (SSSR count). The van der Waals surface area contributed by atoms with Crippen LogP contribution in [-0.4, -0.2) is 11.2 Å². The molecule has 0 bridgehead atoms. The van der Waals surface area contributed by atoms with Gasteiger partial charge in [-0.1, -0.05) is 29.4 Å². The summed E-state index contributed by atoms with van der Waals surface area (Å²) < 4.78 is 17.9. The van der Waals surface area contributed by atoms with E-state index >= 15 is 0 Å². The number of carbonyl (C=O) groups excluding carboxylic acids is 1. The van der Waals surface area contributed by atoms with Crippen molar-refractivity contribution in [2.75, 3.05) is 0 Å². The van der Waals surface area contributed by atoms with Crippen molar-refractivity contribution in [2.24, 2.45) is 0 Å². The molecule has 0 saturated heterocycles. The molecule has 2 amide bonds. The molecule has 0 unspecified atom stereocenters. The first-order chi connectivity index (χ1) is 10.7. The van der Waals surface area contributed by atoms with Gasteiger partial charge in [0.05, 0.1) is 6.54 Å². The number of benzene rings is 2. The fraction of sp³-hybridized carbons (Fsp3) is 0.125. The lowest BCUT2D eigenvalue weighted by Crippen LogP contribution is -2.34. The second kappa shape index (κ2) is 6.26. The molecule has 3 aromatic rings. The van der Waals surface area contributed by atoms with Gasteiger partial charge in [-0.2, -0.15) is 0 Å². The van der Waals surface area contributed by atoms with Crippen molar-refractivity contribution in [3.63, 3.8) is 0 Å². The standard InChI is InChI=1S/C16H14FN3O2/c17-12-7-5-11(6-8-12)9-18-16(21)19-10-14-13-3-1-2-4-15(13)22-20-14/h1-8H,9-10H2,(H2,18,19,21). The molecule has 112 valence electrons. The minimum absolute atomic E-state index is 0.270. The molecule has 0 aliphatic heterocycles. The quantitative estimate of drug-likeness (QED) is 0.778. The first kappa shape index (κ1) is 14.1. The van der Waals surface area contributed by atoms with Crippen molar-refractivity contribution in [3.8, 4) is 0 Å². The number of para-hydroxylation sites is 1. The lowest BCUT2D eigenvalue weighted by atomic mass is 10.2. The molecule has 0 fully saturated rings. The van der Waals surface area contributed by atoms with E-state index in [4.69, 9.17) is 4.52 Å². The molecule has 0 atom stereocenters. The van der Waals surface area contributed by atoms with Gasteiger partial charge < -0.3 is 15.2 Å². The molecule has 0 spiro atoms. The Kier molecular flexibility index (Phi) is 4.00. The monoisotopic (exact) mass is 299 g/mol. The number of fused-ring (bicyclic) bond motifs is 1. The Bertz CT molecular complexity index is 783. The maximum atomic E-state index is 12.8. The largest absolute Gasteiger partial charge is 0.356 e. The topological polar surface area (TPSA) is 67.2 Å². The van der Waals surface area contributed by atoms with Crippen molar-refractivity contribution in [1.82, 2.24) is 15.8 Å². The number of hydrogen-bond acceptors (Lipinski definition) is 3. The van der Waals surface area contributed by atoms with Crippen molar-refractivity contribution < 1.29 is 13.7 Å². The number of nitrogens with one attached hydrogen (secondary N) is 2. The van der Waals surface area contributed by atoms with Crippen LogP contribution in [0.25, 0.3) is 11.0 Å². The summed E-state index contributed by atoms with van der Waals surface area (Å²) in [5.74, 6) is -0.300. The Labute approximate surface area is 126 Å². The molecule has 0 radical (unpaired) electrons. The van der Waals surface area contributed by atoms with E-state index in [0.717, 1.165) is 10.9 Å². The average molecular weight is 299 g/mol. The molecule has 6 heteroatoms. The second-order valence-electron chi connectivity index (χ2n) is 4.79. The van der Waals surface area contributed by atoms with Gasteiger partial charge >= 0.3 is 6.03 Å². The van der Waals surface area contributed by atoms with E-state index in [1.165, 1.54) is 12.1 Å². The maximum Gasteiger partial charge on any atom is 0.315 e. The van der Waals surface area contributed by atoms with Gasteiger partial charge in [-0.05, 0) is 29.8 Å². The zero-order valence-corrected chi connectivity index (χ0v) is 11.7. The Morgan fingerprint density at radius 3 is 2.59 bits per heavy atom. The predicted octanol–water partition coefficient (Wildman–Crippen LogP) is 2.97. The fourth-order valence-corrected chi connectivity index (χ4v) is 2.08. The normalized spacial score (nSPS) is 10.6. The Morgan fingerprint density at radius 1 is 1.05 bits per heavy atom. The van der Waals surface area contributed by atoms with Crippen molar-refractivity contribution in [2.45, 2.75) is 13.1 Å². The van der Waals surface area contributed by atoms with Crippen LogP contribution in [0.5, 0.6) is 0 Å². The minimum atomic E-state index is -0.323. The summed E-state index contributed by atoms with van der Waals surface area (Å²) in [4.78, 5) is 11.8. The Morgan fingerprint density at radius 2 is 1.77 bits per heavy atom. The number of hydrogen-bond donors (Lipinski definition) is 2. The third-order valence-electron chi connectivity index (χ3n) is 3.23. The molecular formula is C16H14FN3O2. The van der Waals surface area contributed by atoms with Gasteiger partial charge in [-0.25, -0.2) is 9.18 Å². The first-order valence-electron chi connectivity index (χ1n) is 6.82. The number of urea groups is 1. The zero-order valence-electron chi connectivity index (χ0n) is 11.7. The van der Waals surface area contributed by atoms with Crippen LogP contribution in [0, 0.1) is 5.82 Å². The highest BCUT2D eigenvalue weighted by Crippen LogP contribution is 2.17. The summed E-state index contributed by atoms with van der Waals surface area (Å²) in [6, 6.07) is 13.1. The van der Waals surface area contributed by atoms with Gasteiger partial charge in [0, 0.05) is 11.9 Å². The van der Waals surface area contributed by atoms with E-state index < -0.39 is 0 Å². The highest BCUT2D eigenvalue weighted by molar-refractivity contribution is 5.80. The van der Waals surface area contributed by atoms with Crippen LogP contribution in [0.2, 0.25) is 0 Å². The molecule has 22 heavy (non-hydrogen) atoms. The molecule has 0 saturated carbocycles. The first-order valence-corrected chi connectivity index (χ1v) is 6.82. The highest BCUT2D eigenvalue weighted by Gasteiger charge is 2.08. The minimum Gasteiger partial charge on any atom is -0.356 e. The summed E-state index contributed by atoms with van der Waals surface area (Å²) in [6.45, 7) is 0.595. The Balaban J connectivity index is 1.53. The third kappa shape index (κ3) is 3.22. The van der Waals surface area contributed by atoms with Crippen LogP contribution < -0.4 is 10.6 Å². The number of rotatable bonds is 4. The molecule has 1 heterocycles. The molecule has 2 N–H and O–H groups in total. The van der Waals surface area contributed by atoms with Gasteiger partial charge in [0.15, 0.2) is 5.58 Å². The predicted molar refractivity (Wildman–Crippen MR) is 79.5 cm³/mol. The number of amides is 2. The number of halogens is 1. The van der Waals surface area contributed by atoms with Gasteiger partial charge in [0.1, 0.15) is 11.5 Å². The summed E-state index contributed by atoms with van der Waals surface area (Å²) in [5.41, 5.74) is 2.18. The van der Waals surface area contributed by atoms with E-state index in [9.17, 15) is 9.18 Å². The van der Waals surface area contributed by atoms with E-state index in [2.05, 4.69) is 15.8 Å².